The largest absolute Gasteiger partial charge is 0.462 e. The standard InChI is InChI=1S/C29H27ClFN5O6S2/c1-4-41-27(39)23-16(3)24(28(40)42-5-2)44-26(23)33-22(37)15-43-29-35-34-21(36(29)18-10-8-9-17(30)13-18)14-32-25(38)19-11-6-7-12-20(19)31/h6-13H,4-5,14-15H2,1-3H3,(H,32,38)(H,33,37). The molecule has 2 N–H and O–H groups in total. The number of ether oxygens (including phenoxy) is 2. The lowest BCUT2D eigenvalue weighted by Crippen LogP contribution is -2.25. The number of carbonyl (C=O) groups is 4. The van der Waals surface area contributed by atoms with Gasteiger partial charge < -0.3 is 20.1 Å². The van der Waals surface area contributed by atoms with Crippen LogP contribution < -0.4 is 10.6 Å². The van der Waals surface area contributed by atoms with Gasteiger partial charge in [-0.25, -0.2) is 14.0 Å². The topological polar surface area (TPSA) is 142 Å². The molecule has 4 aromatic rings. The Balaban J connectivity index is 1.55. The zero-order chi connectivity index (χ0) is 31.8. The summed E-state index contributed by atoms with van der Waals surface area (Å²) in [5.41, 5.74) is 0.869. The number of nitrogens with zero attached hydrogens (tertiary/aromatic N) is 3. The molecule has 0 fully saturated rings. The monoisotopic (exact) mass is 659 g/mol. The van der Waals surface area contributed by atoms with Crippen LogP contribution in [0.2, 0.25) is 5.02 Å². The van der Waals surface area contributed by atoms with E-state index in [4.69, 9.17) is 21.1 Å². The number of benzene rings is 2. The Morgan fingerprint density at radius 2 is 1.75 bits per heavy atom. The molecular formula is C29H27ClFN5O6S2. The summed E-state index contributed by atoms with van der Waals surface area (Å²) in [5, 5.41) is 14.6. The van der Waals surface area contributed by atoms with E-state index < -0.39 is 29.6 Å². The first-order valence-electron chi connectivity index (χ1n) is 13.3. The van der Waals surface area contributed by atoms with Gasteiger partial charge in [-0.05, 0) is 56.7 Å². The zero-order valence-corrected chi connectivity index (χ0v) is 26.2. The number of nitrogens with one attached hydrogen (secondary N) is 2. The molecule has 0 saturated carbocycles. The lowest BCUT2D eigenvalue weighted by atomic mass is 10.1. The van der Waals surface area contributed by atoms with Gasteiger partial charge in [-0.2, -0.15) is 0 Å². The van der Waals surface area contributed by atoms with Crippen LogP contribution in [0.4, 0.5) is 9.39 Å². The molecule has 0 radical (unpaired) electrons. The van der Waals surface area contributed by atoms with Crippen molar-refractivity contribution >= 4 is 63.5 Å². The second-order valence-electron chi connectivity index (χ2n) is 8.91. The number of carbonyl (C=O) groups excluding carboxylic acids is 4. The summed E-state index contributed by atoms with van der Waals surface area (Å²) in [6.45, 7) is 5.04. The van der Waals surface area contributed by atoms with Crippen molar-refractivity contribution in [3.8, 4) is 5.69 Å². The van der Waals surface area contributed by atoms with E-state index in [1.54, 1.807) is 55.7 Å². The highest BCUT2D eigenvalue weighted by Crippen LogP contribution is 2.35. The van der Waals surface area contributed by atoms with E-state index in [1.165, 1.54) is 18.2 Å². The van der Waals surface area contributed by atoms with Crippen molar-refractivity contribution in [2.45, 2.75) is 32.5 Å². The van der Waals surface area contributed by atoms with Gasteiger partial charge in [0.25, 0.3) is 5.91 Å². The fourth-order valence-electron chi connectivity index (χ4n) is 4.02. The van der Waals surface area contributed by atoms with Crippen LogP contribution >= 0.6 is 34.7 Å². The molecule has 0 atom stereocenters. The Labute approximate surface area is 265 Å². The molecule has 0 unspecified atom stereocenters. The Morgan fingerprint density at radius 3 is 2.45 bits per heavy atom. The minimum atomic E-state index is -0.678. The molecule has 0 spiro atoms. The van der Waals surface area contributed by atoms with E-state index in [2.05, 4.69) is 20.8 Å². The van der Waals surface area contributed by atoms with E-state index in [9.17, 15) is 23.6 Å². The van der Waals surface area contributed by atoms with E-state index in [1.807, 2.05) is 0 Å². The molecule has 2 aromatic heterocycles. The average Bonchev–Trinajstić information content (AvgIpc) is 3.55. The third-order valence-electron chi connectivity index (χ3n) is 5.96. The van der Waals surface area contributed by atoms with Crippen molar-refractivity contribution in [3.63, 3.8) is 0 Å². The van der Waals surface area contributed by atoms with Gasteiger partial charge in [-0.15, -0.1) is 21.5 Å². The highest BCUT2D eigenvalue weighted by atomic mass is 35.5. The summed E-state index contributed by atoms with van der Waals surface area (Å²) >= 11 is 8.18. The molecular weight excluding hydrogens is 633 g/mol. The fraction of sp³-hybridized carbons (Fsp3) is 0.241. The Morgan fingerprint density at radius 1 is 1.02 bits per heavy atom. The van der Waals surface area contributed by atoms with Crippen LogP contribution in [0.15, 0.2) is 53.7 Å². The number of esters is 2. The third kappa shape index (κ3) is 7.62. The van der Waals surface area contributed by atoms with Gasteiger partial charge in [0, 0.05) is 5.02 Å². The number of halogens is 2. The number of rotatable bonds is 12. The quantitative estimate of drug-likeness (QED) is 0.150. The molecule has 4 rings (SSSR count). The molecule has 0 aliphatic carbocycles. The zero-order valence-electron chi connectivity index (χ0n) is 23.8. The molecule has 0 saturated heterocycles. The van der Waals surface area contributed by atoms with Crippen LogP contribution in [0.5, 0.6) is 0 Å². The smallest absolute Gasteiger partial charge is 0.348 e. The maximum Gasteiger partial charge on any atom is 0.348 e. The minimum Gasteiger partial charge on any atom is -0.462 e. The van der Waals surface area contributed by atoms with E-state index in [-0.39, 0.29) is 46.5 Å². The van der Waals surface area contributed by atoms with E-state index in [0.29, 0.717) is 27.3 Å². The van der Waals surface area contributed by atoms with Gasteiger partial charge in [0.05, 0.1) is 42.3 Å². The van der Waals surface area contributed by atoms with E-state index in [0.717, 1.165) is 23.1 Å². The number of aromatic nitrogens is 3. The van der Waals surface area contributed by atoms with Gasteiger partial charge in [-0.1, -0.05) is 41.6 Å². The molecule has 0 aliphatic rings. The summed E-state index contributed by atoms with van der Waals surface area (Å²) in [6, 6.07) is 12.4. The van der Waals surface area contributed by atoms with Crippen molar-refractivity contribution in [3.05, 3.63) is 86.8 Å². The van der Waals surface area contributed by atoms with Gasteiger partial charge in [-0.3, -0.25) is 14.2 Å². The normalized spacial score (nSPS) is 10.8. The van der Waals surface area contributed by atoms with Gasteiger partial charge in [0.15, 0.2) is 11.0 Å². The lowest BCUT2D eigenvalue weighted by molar-refractivity contribution is -0.113. The predicted molar refractivity (Wildman–Crippen MR) is 164 cm³/mol. The predicted octanol–water partition coefficient (Wildman–Crippen LogP) is 5.44. The van der Waals surface area contributed by atoms with Crippen LogP contribution in [0, 0.1) is 12.7 Å². The first-order valence-corrected chi connectivity index (χ1v) is 15.5. The molecule has 2 heterocycles. The molecule has 11 nitrogen and oxygen atoms in total. The van der Waals surface area contributed by atoms with Crippen LogP contribution in [0.3, 0.4) is 0 Å². The summed E-state index contributed by atoms with van der Waals surface area (Å²) < 4.78 is 25.9. The maximum atomic E-state index is 14.1. The second kappa shape index (κ2) is 14.9. The number of thiophene rings is 1. The van der Waals surface area contributed by atoms with Crippen molar-refractivity contribution in [2.75, 3.05) is 24.3 Å². The SMILES string of the molecule is CCOC(=O)c1sc(NC(=O)CSc2nnc(CNC(=O)c3ccccc3F)n2-c2cccc(Cl)c2)c(C(=O)OCC)c1C. The van der Waals surface area contributed by atoms with Crippen molar-refractivity contribution in [1.82, 2.24) is 20.1 Å². The number of hydrogen-bond acceptors (Lipinski definition) is 10. The molecule has 15 heteroatoms. The van der Waals surface area contributed by atoms with Crippen LogP contribution in [0.1, 0.15) is 55.6 Å². The van der Waals surface area contributed by atoms with Crippen molar-refractivity contribution < 1.29 is 33.0 Å². The number of anilines is 1. The molecule has 2 amide bonds. The summed E-state index contributed by atoms with van der Waals surface area (Å²) in [5.74, 6) is -2.94. The van der Waals surface area contributed by atoms with Crippen molar-refractivity contribution in [1.29, 1.82) is 0 Å². The molecule has 230 valence electrons. The Bertz CT molecular complexity index is 1710. The molecule has 2 aromatic carbocycles. The highest BCUT2D eigenvalue weighted by molar-refractivity contribution is 7.99. The summed E-state index contributed by atoms with van der Waals surface area (Å²) in [7, 11) is 0. The average molecular weight is 660 g/mol. The third-order valence-corrected chi connectivity index (χ3v) is 8.32. The van der Waals surface area contributed by atoms with Crippen LogP contribution in [-0.4, -0.2) is 57.5 Å². The summed E-state index contributed by atoms with van der Waals surface area (Å²) in [6.07, 6.45) is 0. The second-order valence-corrected chi connectivity index (χ2v) is 11.3. The maximum absolute atomic E-state index is 14.1. The molecule has 0 aliphatic heterocycles. The van der Waals surface area contributed by atoms with Crippen LogP contribution in [0.25, 0.3) is 5.69 Å². The molecule has 44 heavy (non-hydrogen) atoms. The number of thioether (sulfide) groups is 1. The van der Waals surface area contributed by atoms with E-state index >= 15 is 0 Å². The number of hydrogen-bond donors (Lipinski definition) is 2. The van der Waals surface area contributed by atoms with Gasteiger partial charge in [0.1, 0.15) is 15.7 Å². The Hall–Kier alpha value is -4.27. The molecule has 0 bridgehead atoms. The van der Waals surface area contributed by atoms with Crippen LogP contribution in [-0.2, 0) is 20.8 Å². The minimum absolute atomic E-state index is 0.0771. The first-order chi connectivity index (χ1) is 21.1. The first kappa shape index (κ1) is 32.6. The summed E-state index contributed by atoms with van der Waals surface area (Å²) in [4.78, 5) is 51.0. The lowest BCUT2D eigenvalue weighted by Gasteiger charge is -2.12. The van der Waals surface area contributed by atoms with Gasteiger partial charge >= 0.3 is 11.9 Å². The highest BCUT2D eigenvalue weighted by Gasteiger charge is 2.27. The fourth-order valence-corrected chi connectivity index (χ4v) is 6.08. The van der Waals surface area contributed by atoms with Gasteiger partial charge in [0.2, 0.25) is 5.91 Å². The van der Waals surface area contributed by atoms with Crippen molar-refractivity contribution in [2.24, 2.45) is 0 Å². The Kier molecular flexibility index (Phi) is 11.1. The number of amides is 2.